The van der Waals surface area contributed by atoms with Gasteiger partial charge in [0.25, 0.3) is 5.91 Å². The molecule has 1 aromatic rings. The molecule has 2 aliphatic heterocycles. The summed E-state index contributed by atoms with van der Waals surface area (Å²) in [5.41, 5.74) is 0.870. The summed E-state index contributed by atoms with van der Waals surface area (Å²) < 4.78 is 0. The number of piperidine rings is 1. The van der Waals surface area contributed by atoms with Crippen molar-refractivity contribution in [1.29, 1.82) is 0 Å². The van der Waals surface area contributed by atoms with Crippen LogP contribution in [0.25, 0.3) is 0 Å². The van der Waals surface area contributed by atoms with Crippen LogP contribution in [0.5, 0.6) is 0 Å². The van der Waals surface area contributed by atoms with E-state index in [1.54, 1.807) is 0 Å². The van der Waals surface area contributed by atoms with E-state index in [-0.39, 0.29) is 24.8 Å². The number of nitrogens with zero attached hydrogens (tertiary/aromatic N) is 3. The summed E-state index contributed by atoms with van der Waals surface area (Å²) in [7, 11) is 0. The summed E-state index contributed by atoms with van der Waals surface area (Å²) in [4.78, 5) is 44.3. The molecule has 1 saturated heterocycles. The Morgan fingerprint density at radius 1 is 1.22 bits per heavy atom. The highest BCUT2D eigenvalue weighted by atomic mass is 16.2. The van der Waals surface area contributed by atoms with Crippen molar-refractivity contribution in [2.24, 2.45) is 0 Å². The Kier molecular flexibility index (Phi) is 2.32. The number of aromatic nitrogens is 2. The number of imide groups is 1. The number of hydrogen-bond donors (Lipinski definition) is 1. The second-order valence-electron chi connectivity index (χ2n) is 4.25. The molecule has 0 saturated carbocycles. The number of hydrogen-bond acceptors (Lipinski definition) is 5. The summed E-state index contributed by atoms with van der Waals surface area (Å²) in [6, 6.07) is -0.605. The van der Waals surface area contributed by atoms with Crippen LogP contribution in [-0.2, 0) is 16.1 Å². The Bertz CT molecular complexity index is 557. The molecule has 1 N–H and O–H groups in total. The van der Waals surface area contributed by atoms with E-state index in [0.29, 0.717) is 17.8 Å². The number of carbonyl (C=O) groups excluding carboxylic acids is 3. The molecule has 18 heavy (non-hydrogen) atoms. The van der Waals surface area contributed by atoms with Crippen LogP contribution >= 0.6 is 0 Å². The first-order valence-electron chi connectivity index (χ1n) is 5.61. The number of fused-ring (bicyclic) bond motifs is 1. The monoisotopic (exact) mass is 246 g/mol. The van der Waals surface area contributed by atoms with Crippen molar-refractivity contribution in [3.05, 3.63) is 23.8 Å². The molecule has 3 amide bonds. The van der Waals surface area contributed by atoms with Gasteiger partial charge in [0.15, 0.2) is 5.69 Å². The summed E-state index contributed by atoms with van der Waals surface area (Å²) >= 11 is 0. The molecule has 0 aliphatic carbocycles. The van der Waals surface area contributed by atoms with Gasteiger partial charge in [-0.2, -0.15) is 0 Å². The van der Waals surface area contributed by atoms with Gasteiger partial charge < -0.3 is 4.90 Å². The van der Waals surface area contributed by atoms with Gasteiger partial charge in [0.1, 0.15) is 6.04 Å². The van der Waals surface area contributed by atoms with Gasteiger partial charge in [-0.25, -0.2) is 4.98 Å². The lowest BCUT2D eigenvalue weighted by atomic mass is 10.0. The van der Waals surface area contributed by atoms with E-state index in [1.165, 1.54) is 17.3 Å². The lowest BCUT2D eigenvalue weighted by Gasteiger charge is -2.28. The summed E-state index contributed by atoms with van der Waals surface area (Å²) in [5.74, 6) is -1.02. The topological polar surface area (TPSA) is 92.3 Å². The number of nitrogens with one attached hydrogen (secondary N) is 1. The van der Waals surface area contributed by atoms with Crippen LogP contribution in [0.15, 0.2) is 12.4 Å². The minimum Gasteiger partial charge on any atom is -0.319 e. The van der Waals surface area contributed by atoms with Crippen LogP contribution in [0.4, 0.5) is 0 Å². The third-order valence-corrected chi connectivity index (χ3v) is 3.14. The van der Waals surface area contributed by atoms with E-state index in [4.69, 9.17) is 0 Å². The minimum absolute atomic E-state index is 0.247. The molecule has 1 fully saturated rings. The van der Waals surface area contributed by atoms with E-state index in [9.17, 15) is 14.4 Å². The Balaban J connectivity index is 1.86. The minimum atomic E-state index is -0.605. The molecule has 7 heteroatoms. The lowest BCUT2D eigenvalue weighted by molar-refractivity contribution is -0.136. The van der Waals surface area contributed by atoms with Crippen LogP contribution < -0.4 is 5.32 Å². The Morgan fingerprint density at radius 2 is 2.00 bits per heavy atom. The number of amides is 3. The van der Waals surface area contributed by atoms with Crippen molar-refractivity contribution in [2.45, 2.75) is 25.4 Å². The van der Waals surface area contributed by atoms with Crippen LogP contribution in [0, 0.1) is 0 Å². The summed E-state index contributed by atoms with van der Waals surface area (Å²) in [6.45, 7) is 0.272. The molecule has 92 valence electrons. The molecule has 1 aromatic heterocycles. The Labute approximate surface area is 102 Å². The summed E-state index contributed by atoms with van der Waals surface area (Å²) in [5, 5.41) is 2.24. The van der Waals surface area contributed by atoms with Crippen molar-refractivity contribution in [3.63, 3.8) is 0 Å². The van der Waals surface area contributed by atoms with Gasteiger partial charge in [0, 0.05) is 18.8 Å². The molecule has 0 spiro atoms. The average molecular weight is 246 g/mol. The molecule has 2 aliphatic rings. The van der Waals surface area contributed by atoms with E-state index in [1.807, 2.05) is 0 Å². The van der Waals surface area contributed by atoms with Crippen LogP contribution in [-0.4, -0.2) is 38.6 Å². The number of rotatable bonds is 1. The van der Waals surface area contributed by atoms with Crippen molar-refractivity contribution in [2.75, 3.05) is 0 Å². The molecule has 3 heterocycles. The fourth-order valence-electron chi connectivity index (χ4n) is 2.26. The lowest BCUT2D eigenvalue weighted by Crippen LogP contribution is -2.52. The standard InChI is InChI=1S/C11H10N4O3/c16-8-2-1-7(10(17)14-8)15-5-6-9(11(15)18)13-4-3-12-6/h3-4,7H,1-2,5H2,(H,14,16,17). The maximum absolute atomic E-state index is 12.1. The van der Waals surface area contributed by atoms with E-state index >= 15 is 0 Å². The first kappa shape index (κ1) is 10.8. The Hall–Kier alpha value is -2.31. The van der Waals surface area contributed by atoms with Gasteiger partial charge in [-0.05, 0) is 6.42 Å². The molecular formula is C11H10N4O3. The number of carbonyl (C=O) groups is 3. The highest BCUT2D eigenvalue weighted by molar-refractivity contribution is 6.04. The average Bonchev–Trinajstić information content (AvgIpc) is 2.68. The molecule has 7 nitrogen and oxygen atoms in total. The second-order valence-corrected chi connectivity index (χ2v) is 4.25. The normalized spacial score (nSPS) is 23.0. The fraction of sp³-hybridized carbons (Fsp3) is 0.364. The third kappa shape index (κ3) is 1.55. The predicted octanol–water partition coefficient (Wildman–Crippen LogP) is -0.762. The smallest absolute Gasteiger partial charge is 0.275 e. The molecule has 0 radical (unpaired) electrons. The fourth-order valence-corrected chi connectivity index (χ4v) is 2.26. The molecular weight excluding hydrogens is 236 g/mol. The zero-order chi connectivity index (χ0) is 12.7. The predicted molar refractivity (Wildman–Crippen MR) is 58.1 cm³/mol. The molecule has 0 bridgehead atoms. The van der Waals surface area contributed by atoms with Gasteiger partial charge in [-0.15, -0.1) is 0 Å². The van der Waals surface area contributed by atoms with Crippen molar-refractivity contribution in [1.82, 2.24) is 20.2 Å². The first-order valence-corrected chi connectivity index (χ1v) is 5.61. The maximum atomic E-state index is 12.1. The quantitative estimate of drug-likeness (QED) is 0.657. The highest BCUT2D eigenvalue weighted by Gasteiger charge is 2.40. The summed E-state index contributed by atoms with van der Waals surface area (Å²) in [6.07, 6.45) is 3.56. The molecule has 0 aromatic carbocycles. The Morgan fingerprint density at radius 3 is 2.72 bits per heavy atom. The van der Waals surface area contributed by atoms with E-state index in [2.05, 4.69) is 15.3 Å². The van der Waals surface area contributed by atoms with Gasteiger partial charge >= 0.3 is 0 Å². The SMILES string of the molecule is O=C1CCC(N2Cc3nccnc3C2=O)C(=O)N1. The molecule has 3 rings (SSSR count). The second kappa shape index (κ2) is 3.86. The van der Waals surface area contributed by atoms with Crippen molar-refractivity contribution >= 4 is 17.7 Å². The maximum Gasteiger partial charge on any atom is 0.275 e. The molecule has 1 unspecified atom stereocenters. The molecule has 1 atom stereocenters. The van der Waals surface area contributed by atoms with Crippen molar-refractivity contribution in [3.8, 4) is 0 Å². The zero-order valence-electron chi connectivity index (χ0n) is 9.42. The largest absolute Gasteiger partial charge is 0.319 e. The highest BCUT2D eigenvalue weighted by Crippen LogP contribution is 2.24. The van der Waals surface area contributed by atoms with Gasteiger partial charge in [0.05, 0.1) is 12.2 Å². The van der Waals surface area contributed by atoms with E-state index < -0.39 is 11.9 Å². The van der Waals surface area contributed by atoms with Gasteiger partial charge in [-0.3, -0.25) is 24.7 Å². The third-order valence-electron chi connectivity index (χ3n) is 3.14. The van der Waals surface area contributed by atoms with Crippen molar-refractivity contribution < 1.29 is 14.4 Å². The van der Waals surface area contributed by atoms with Gasteiger partial charge in [0.2, 0.25) is 11.8 Å². The first-order chi connectivity index (χ1) is 8.66. The van der Waals surface area contributed by atoms with Gasteiger partial charge in [-0.1, -0.05) is 0 Å². The van der Waals surface area contributed by atoms with Crippen LogP contribution in [0.2, 0.25) is 0 Å². The van der Waals surface area contributed by atoms with E-state index in [0.717, 1.165) is 0 Å². The zero-order valence-corrected chi connectivity index (χ0v) is 9.42. The van der Waals surface area contributed by atoms with Crippen LogP contribution in [0.3, 0.4) is 0 Å². The van der Waals surface area contributed by atoms with Crippen LogP contribution in [0.1, 0.15) is 29.0 Å².